The molecular formula is C85H82BN5S. The summed E-state index contributed by atoms with van der Waals surface area (Å²) in [5.41, 5.74) is 27.3. The topological polar surface area (TPSA) is 17.9 Å². The number of thiophene rings is 1. The Labute approximate surface area is 548 Å². The molecule has 0 aliphatic carbocycles. The summed E-state index contributed by atoms with van der Waals surface area (Å²) in [4.78, 5) is 10.2. The summed E-state index contributed by atoms with van der Waals surface area (Å²) in [6.45, 7) is 34.5. The van der Waals surface area contributed by atoms with Gasteiger partial charge in [-0.25, -0.2) is 0 Å². The van der Waals surface area contributed by atoms with Gasteiger partial charge in [-0.3, -0.25) is 0 Å². The minimum absolute atomic E-state index is 0.0223. The van der Waals surface area contributed by atoms with Crippen LogP contribution < -0.4 is 36.0 Å². The average molecular weight is 1220 g/mol. The largest absolute Gasteiger partial charge is 0.335 e. The average Bonchev–Trinajstić information content (AvgIpc) is 0.713. The van der Waals surface area contributed by atoms with Gasteiger partial charge in [0.1, 0.15) is 0 Å². The maximum atomic E-state index is 2.67. The normalized spacial score (nSPS) is 13.3. The Morgan fingerprint density at radius 1 is 0.359 bits per heavy atom. The molecule has 0 atom stereocenters. The van der Waals surface area contributed by atoms with E-state index in [1.165, 1.54) is 120 Å². The van der Waals surface area contributed by atoms with Gasteiger partial charge in [-0.05, 0) is 212 Å². The summed E-state index contributed by atoms with van der Waals surface area (Å²) in [7, 11) is 0. The monoisotopic (exact) mass is 1220 g/mol. The number of nitrogens with zero attached hydrogens (tertiary/aromatic N) is 5. The number of benzene rings is 11. The van der Waals surface area contributed by atoms with Crippen LogP contribution in [0.2, 0.25) is 0 Å². The zero-order valence-electron chi connectivity index (χ0n) is 56.1. The van der Waals surface area contributed by atoms with Gasteiger partial charge in [-0.1, -0.05) is 182 Å². The fourth-order valence-corrected chi connectivity index (χ4v) is 15.8. The molecule has 92 heavy (non-hydrogen) atoms. The van der Waals surface area contributed by atoms with E-state index >= 15 is 0 Å². The number of para-hydroxylation sites is 1. The van der Waals surface area contributed by atoms with Gasteiger partial charge in [-0.2, -0.15) is 0 Å². The van der Waals surface area contributed by atoms with Crippen LogP contribution in [0.1, 0.15) is 116 Å². The minimum Gasteiger partial charge on any atom is -0.335 e. The van der Waals surface area contributed by atoms with E-state index in [4.69, 9.17) is 0 Å². The van der Waals surface area contributed by atoms with Crippen molar-refractivity contribution >= 4 is 145 Å². The van der Waals surface area contributed by atoms with Crippen molar-refractivity contribution in [1.29, 1.82) is 0 Å². The first-order valence-corrected chi connectivity index (χ1v) is 33.7. The second-order valence-corrected chi connectivity index (χ2v) is 31.2. The highest BCUT2D eigenvalue weighted by atomic mass is 32.1. The van der Waals surface area contributed by atoms with E-state index in [0.29, 0.717) is 0 Å². The van der Waals surface area contributed by atoms with Gasteiger partial charge in [-0.15, -0.1) is 11.3 Å². The molecule has 0 amide bonds. The zero-order valence-corrected chi connectivity index (χ0v) is 56.9. The quantitative estimate of drug-likeness (QED) is 0.141. The van der Waals surface area contributed by atoms with Crippen LogP contribution in [0.3, 0.4) is 0 Å². The summed E-state index contributed by atoms with van der Waals surface area (Å²) >= 11 is 1.91. The molecule has 0 fully saturated rings. The Kier molecular flexibility index (Phi) is 13.7. The maximum absolute atomic E-state index is 2.67. The number of hydrogen-bond acceptors (Lipinski definition) is 5. The predicted molar refractivity (Wildman–Crippen MR) is 401 cm³/mol. The molecule has 0 saturated carbocycles. The van der Waals surface area contributed by atoms with Gasteiger partial charge < -0.3 is 24.2 Å². The molecule has 11 aromatic carbocycles. The Bertz CT molecular complexity index is 5020. The fraction of sp³-hybridized carbons (Fsp3) is 0.224. The van der Waals surface area contributed by atoms with Gasteiger partial charge in [0, 0.05) is 99.7 Å². The molecule has 2 aliphatic rings. The van der Waals surface area contributed by atoms with Crippen molar-refractivity contribution in [2.75, 3.05) is 19.6 Å². The summed E-state index contributed by atoms with van der Waals surface area (Å²) in [6.07, 6.45) is 0. The maximum Gasteiger partial charge on any atom is 0.252 e. The highest BCUT2D eigenvalue weighted by Gasteiger charge is 2.45. The minimum atomic E-state index is -0.216. The molecule has 5 nitrogen and oxygen atoms in total. The lowest BCUT2D eigenvalue weighted by atomic mass is 9.33. The lowest BCUT2D eigenvalue weighted by molar-refractivity contribution is 0.423. The van der Waals surface area contributed by atoms with Crippen LogP contribution >= 0.6 is 11.3 Å². The van der Waals surface area contributed by atoms with Gasteiger partial charge in [0.05, 0.1) is 16.1 Å². The molecule has 0 unspecified atom stereocenters. The molecule has 2 aromatic heterocycles. The van der Waals surface area contributed by atoms with Crippen molar-refractivity contribution < 1.29 is 0 Å². The van der Waals surface area contributed by atoms with Gasteiger partial charge in [0.2, 0.25) is 0 Å². The molecule has 0 radical (unpaired) electrons. The Morgan fingerprint density at radius 3 is 1.48 bits per heavy atom. The van der Waals surface area contributed by atoms with Crippen LogP contribution in [0.15, 0.2) is 224 Å². The summed E-state index contributed by atoms with van der Waals surface area (Å²) in [5.74, 6) is 0. The third kappa shape index (κ3) is 9.80. The highest BCUT2D eigenvalue weighted by Crippen LogP contribution is 2.54. The van der Waals surface area contributed by atoms with E-state index in [9.17, 15) is 0 Å². The third-order valence-electron chi connectivity index (χ3n) is 19.5. The molecule has 0 spiro atoms. The predicted octanol–water partition coefficient (Wildman–Crippen LogP) is 22.8. The molecule has 456 valence electrons. The van der Waals surface area contributed by atoms with Crippen LogP contribution in [0, 0.1) is 20.8 Å². The van der Waals surface area contributed by atoms with Crippen LogP contribution in [-0.2, 0) is 21.8 Å². The van der Waals surface area contributed by atoms with Crippen LogP contribution in [0.4, 0.5) is 68.2 Å². The number of anilines is 12. The van der Waals surface area contributed by atoms with Crippen LogP contribution in [-0.4, -0.2) is 11.3 Å². The number of aromatic nitrogens is 1. The SMILES string of the molecule is Cc1ccc(N(c2ccc(C)cc2)c2ccc3c(c2)N(c2ccc(C(C)(C)C)cc2)c2cc(C(C)(C)C)cc4c2B3c2cc(C(C)(C)C)ccc2N4c2ccc(N(c3ccc(C)cc3)c3ccc4c(c3)c3ccccc3n4C(C)(C)C)c3c2sc2ccccc23)cc1. The molecule has 15 rings (SSSR count). The van der Waals surface area contributed by atoms with Crippen molar-refractivity contribution in [1.82, 2.24) is 4.57 Å². The first-order chi connectivity index (χ1) is 43.9. The van der Waals surface area contributed by atoms with Crippen molar-refractivity contribution in [2.24, 2.45) is 0 Å². The van der Waals surface area contributed by atoms with Gasteiger partial charge in [0.15, 0.2) is 0 Å². The lowest BCUT2D eigenvalue weighted by Gasteiger charge is -2.46. The third-order valence-corrected chi connectivity index (χ3v) is 20.7. The molecule has 13 aromatic rings. The first kappa shape index (κ1) is 59.0. The van der Waals surface area contributed by atoms with E-state index in [1.54, 1.807) is 0 Å². The summed E-state index contributed by atoms with van der Waals surface area (Å²) < 4.78 is 5.01. The lowest BCUT2D eigenvalue weighted by Crippen LogP contribution is -2.61. The smallest absolute Gasteiger partial charge is 0.252 e. The molecular weight excluding hydrogens is 1130 g/mol. The zero-order chi connectivity index (χ0) is 64.1. The van der Waals surface area contributed by atoms with E-state index < -0.39 is 0 Å². The van der Waals surface area contributed by atoms with Gasteiger partial charge in [0.25, 0.3) is 6.71 Å². The molecule has 0 bridgehead atoms. The van der Waals surface area contributed by atoms with Crippen molar-refractivity contribution in [3.63, 3.8) is 0 Å². The number of hydrogen-bond donors (Lipinski definition) is 0. The van der Waals surface area contributed by atoms with E-state index in [0.717, 1.165) is 39.8 Å². The highest BCUT2D eigenvalue weighted by molar-refractivity contribution is 7.26. The number of aryl methyl sites for hydroxylation is 3. The standard InChI is InChI=1S/C85H82BN5S/c1-53-24-33-59(34-25-53)87(60-35-26-54(2)27-36-60)64-41-43-68-75(52-64)89(62-39-30-56(31-40-62)82(4,5)6)76-49-58(84(10,11)12)50-77-80(76)86(68)69-48-57(83(7,8)9)32-44-72(69)90(77)74-47-46-73(79-66-21-17-19-23-78(66)92-81(74)79)88(61-37-28-55(3)29-38-61)63-42-45-71-67(51-63)65-20-16-18-22-70(65)91(71)85(13,14)15/h16-52H,1-15H3. The van der Waals surface area contributed by atoms with Crippen LogP contribution in [0.5, 0.6) is 0 Å². The Morgan fingerprint density at radius 2 is 0.870 bits per heavy atom. The van der Waals surface area contributed by atoms with E-state index in [1.807, 2.05) is 11.3 Å². The Hall–Kier alpha value is -9.30. The van der Waals surface area contributed by atoms with E-state index in [2.05, 4.69) is 352 Å². The van der Waals surface area contributed by atoms with Crippen molar-refractivity contribution in [2.45, 2.75) is 126 Å². The molecule has 7 heteroatoms. The van der Waals surface area contributed by atoms with Gasteiger partial charge >= 0.3 is 0 Å². The molecule has 0 N–H and O–H groups in total. The molecule has 0 saturated heterocycles. The molecule has 2 aliphatic heterocycles. The number of rotatable bonds is 8. The van der Waals surface area contributed by atoms with Crippen molar-refractivity contribution in [3.05, 3.63) is 258 Å². The number of fused-ring (bicyclic) bond motifs is 10. The first-order valence-electron chi connectivity index (χ1n) is 32.8. The van der Waals surface area contributed by atoms with Crippen molar-refractivity contribution in [3.8, 4) is 0 Å². The summed E-state index contributed by atoms with van der Waals surface area (Å²) in [6, 6.07) is 86.5. The van der Waals surface area contributed by atoms with E-state index in [-0.39, 0.29) is 28.5 Å². The second kappa shape index (κ2) is 21.4. The second-order valence-electron chi connectivity index (χ2n) is 30.2. The van der Waals surface area contributed by atoms with Crippen LogP contribution in [0.25, 0.3) is 42.0 Å². The fourth-order valence-electron chi connectivity index (χ4n) is 14.6. The Balaban J connectivity index is 1.02. The summed E-state index contributed by atoms with van der Waals surface area (Å²) in [5, 5.41) is 4.99. The molecule has 4 heterocycles.